The first kappa shape index (κ1) is 10.7. The summed E-state index contributed by atoms with van der Waals surface area (Å²) in [6, 6.07) is 9.30. The molecule has 1 saturated carbocycles. The molecule has 0 amide bonds. The van der Waals surface area contributed by atoms with Crippen molar-refractivity contribution in [2.45, 2.75) is 18.9 Å². The Balaban J connectivity index is 1.67. The predicted molar refractivity (Wildman–Crippen MR) is 72.4 cm³/mol. The number of nitrogens with zero attached hydrogens (tertiary/aromatic N) is 1. The number of nitrogens with one attached hydrogen (secondary N) is 2. The first-order valence-electron chi connectivity index (χ1n) is 6.36. The smallest absolute Gasteiger partial charge is 0.0600 e. The van der Waals surface area contributed by atoms with Crippen LogP contribution in [0.1, 0.15) is 12.8 Å². The molecule has 0 aliphatic heterocycles. The molecule has 90 valence electrons. The molecule has 0 unspecified atom stereocenters. The first-order chi connectivity index (χ1) is 8.34. The Morgan fingerprint density at radius 2 is 2.06 bits per heavy atom. The molecule has 0 radical (unpaired) electrons. The number of aryl methyl sites for hydroxylation is 1. The van der Waals surface area contributed by atoms with Crippen LogP contribution >= 0.6 is 0 Å². The maximum absolute atomic E-state index is 3.51. The number of benzene rings is 1. The van der Waals surface area contributed by atoms with E-state index < -0.39 is 0 Å². The van der Waals surface area contributed by atoms with Crippen LogP contribution in [0.2, 0.25) is 0 Å². The van der Waals surface area contributed by atoms with Crippen LogP contribution in [0, 0.1) is 0 Å². The fourth-order valence-electron chi connectivity index (χ4n) is 2.24. The van der Waals surface area contributed by atoms with Crippen LogP contribution < -0.4 is 10.6 Å². The summed E-state index contributed by atoms with van der Waals surface area (Å²) in [7, 11) is 2.09. The summed E-state index contributed by atoms with van der Waals surface area (Å²) in [6.45, 7) is 2.04. The van der Waals surface area contributed by atoms with Gasteiger partial charge in [0.2, 0.25) is 0 Å². The molecule has 0 saturated heterocycles. The Morgan fingerprint density at radius 3 is 2.88 bits per heavy atom. The van der Waals surface area contributed by atoms with Crippen molar-refractivity contribution < 1.29 is 0 Å². The van der Waals surface area contributed by atoms with Crippen LogP contribution in [-0.4, -0.2) is 23.7 Å². The van der Waals surface area contributed by atoms with Crippen molar-refractivity contribution >= 4 is 16.6 Å². The molecule has 1 aliphatic carbocycles. The molecular weight excluding hydrogens is 210 g/mol. The molecule has 0 atom stereocenters. The highest BCUT2D eigenvalue weighted by Crippen LogP contribution is 2.24. The van der Waals surface area contributed by atoms with Crippen molar-refractivity contribution in [2.24, 2.45) is 7.05 Å². The Kier molecular flexibility index (Phi) is 2.77. The van der Waals surface area contributed by atoms with Gasteiger partial charge in [-0.25, -0.2) is 0 Å². The zero-order chi connectivity index (χ0) is 11.7. The molecule has 1 heterocycles. The Morgan fingerprint density at radius 1 is 1.24 bits per heavy atom. The van der Waals surface area contributed by atoms with Crippen molar-refractivity contribution in [3.05, 3.63) is 30.5 Å². The van der Waals surface area contributed by atoms with Gasteiger partial charge in [0.15, 0.2) is 0 Å². The molecule has 1 aromatic heterocycles. The molecule has 1 fully saturated rings. The lowest BCUT2D eigenvalue weighted by Gasteiger charge is -2.05. The van der Waals surface area contributed by atoms with Crippen LogP contribution in [0.25, 0.3) is 10.9 Å². The van der Waals surface area contributed by atoms with Crippen LogP contribution in [0.15, 0.2) is 30.5 Å². The van der Waals surface area contributed by atoms with Gasteiger partial charge in [-0.05, 0) is 18.9 Å². The highest BCUT2D eigenvalue weighted by molar-refractivity contribution is 5.92. The number of hydrogen-bond donors (Lipinski definition) is 2. The number of para-hydroxylation sites is 1. The normalized spacial score (nSPS) is 15.4. The van der Waals surface area contributed by atoms with E-state index in [2.05, 4.69) is 52.7 Å². The summed E-state index contributed by atoms with van der Waals surface area (Å²) in [5.74, 6) is 0. The summed E-state index contributed by atoms with van der Waals surface area (Å²) >= 11 is 0. The SMILES string of the molecule is Cn1cc(NCCNC2CC2)c2ccccc21. The van der Waals surface area contributed by atoms with Gasteiger partial charge in [-0.15, -0.1) is 0 Å². The van der Waals surface area contributed by atoms with Gasteiger partial charge in [0.05, 0.1) is 5.69 Å². The van der Waals surface area contributed by atoms with E-state index in [-0.39, 0.29) is 0 Å². The van der Waals surface area contributed by atoms with Gasteiger partial charge < -0.3 is 15.2 Å². The second kappa shape index (κ2) is 4.41. The van der Waals surface area contributed by atoms with E-state index in [0.717, 1.165) is 19.1 Å². The van der Waals surface area contributed by atoms with Crippen LogP contribution in [-0.2, 0) is 7.05 Å². The lowest BCUT2D eigenvalue weighted by molar-refractivity contribution is 0.701. The third kappa shape index (κ3) is 2.29. The summed E-state index contributed by atoms with van der Waals surface area (Å²) in [4.78, 5) is 0. The largest absolute Gasteiger partial charge is 0.382 e. The van der Waals surface area contributed by atoms with Gasteiger partial charge in [0.25, 0.3) is 0 Å². The third-order valence-electron chi connectivity index (χ3n) is 3.35. The van der Waals surface area contributed by atoms with E-state index >= 15 is 0 Å². The zero-order valence-corrected chi connectivity index (χ0v) is 10.2. The Labute approximate surface area is 102 Å². The van der Waals surface area contributed by atoms with E-state index in [0.29, 0.717) is 0 Å². The first-order valence-corrected chi connectivity index (χ1v) is 6.36. The maximum atomic E-state index is 3.51. The quantitative estimate of drug-likeness (QED) is 0.771. The minimum Gasteiger partial charge on any atom is -0.382 e. The number of fused-ring (bicyclic) bond motifs is 1. The van der Waals surface area contributed by atoms with E-state index in [4.69, 9.17) is 0 Å². The Hall–Kier alpha value is -1.48. The average molecular weight is 229 g/mol. The molecule has 1 aliphatic rings. The van der Waals surface area contributed by atoms with Crippen LogP contribution in [0.4, 0.5) is 5.69 Å². The summed E-state index contributed by atoms with van der Waals surface area (Å²) in [5.41, 5.74) is 2.52. The maximum Gasteiger partial charge on any atom is 0.0600 e. The lowest BCUT2D eigenvalue weighted by Crippen LogP contribution is -2.23. The molecule has 3 nitrogen and oxygen atoms in total. The minimum absolute atomic E-state index is 0.796. The monoisotopic (exact) mass is 229 g/mol. The van der Waals surface area contributed by atoms with Crippen LogP contribution in [0.3, 0.4) is 0 Å². The van der Waals surface area contributed by atoms with E-state index in [1.54, 1.807) is 0 Å². The predicted octanol–water partition coefficient (Wildman–Crippen LogP) is 2.34. The van der Waals surface area contributed by atoms with Crippen molar-refractivity contribution in [3.63, 3.8) is 0 Å². The van der Waals surface area contributed by atoms with Gasteiger partial charge >= 0.3 is 0 Å². The van der Waals surface area contributed by atoms with Crippen molar-refractivity contribution in [1.29, 1.82) is 0 Å². The molecule has 3 rings (SSSR count). The zero-order valence-electron chi connectivity index (χ0n) is 10.2. The molecule has 2 aromatic rings. The molecule has 3 heteroatoms. The van der Waals surface area contributed by atoms with Gasteiger partial charge in [0, 0.05) is 43.3 Å². The van der Waals surface area contributed by atoms with E-state index in [1.165, 1.54) is 29.4 Å². The summed E-state index contributed by atoms with van der Waals surface area (Å²) < 4.78 is 2.17. The number of rotatable bonds is 5. The second-order valence-electron chi connectivity index (χ2n) is 4.83. The van der Waals surface area contributed by atoms with E-state index in [9.17, 15) is 0 Å². The van der Waals surface area contributed by atoms with Crippen LogP contribution in [0.5, 0.6) is 0 Å². The highest BCUT2D eigenvalue weighted by atomic mass is 15.0. The number of hydrogen-bond acceptors (Lipinski definition) is 2. The fraction of sp³-hybridized carbons (Fsp3) is 0.429. The molecular formula is C14H19N3. The lowest BCUT2D eigenvalue weighted by atomic mass is 10.2. The fourth-order valence-corrected chi connectivity index (χ4v) is 2.24. The average Bonchev–Trinajstić information content (AvgIpc) is 3.12. The van der Waals surface area contributed by atoms with Crippen molar-refractivity contribution in [3.8, 4) is 0 Å². The summed E-state index contributed by atoms with van der Waals surface area (Å²) in [6.07, 6.45) is 4.88. The minimum atomic E-state index is 0.796. The van der Waals surface area contributed by atoms with Gasteiger partial charge in [0.1, 0.15) is 0 Å². The molecule has 0 spiro atoms. The third-order valence-corrected chi connectivity index (χ3v) is 3.35. The second-order valence-corrected chi connectivity index (χ2v) is 4.83. The van der Waals surface area contributed by atoms with Crippen molar-refractivity contribution in [1.82, 2.24) is 9.88 Å². The highest BCUT2D eigenvalue weighted by Gasteiger charge is 2.19. The van der Waals surface area contributed by atoms with E-state index in [1.807, 2.05) is 0 Å². The van der Waals surface area contributed by atoms with Gasteiger partial charge in [-0.3, -0.25) is 0 Å². The molecule has 2 N–H and O–H groups in total. The topological polar surface area (TPSA) is 29.0 Å². The van der Waals surface area contributed by atoms with Gasteiger partial charge in [-0.1, -0.05) is 18.2 Å². The van der Waals surface area contributed by atoms with Crippen molar-refractivity contribution in [2.75, 3.05) is 18.4 Å². The molecule has 0 bridgehead atoms. The molecule has 1 aromatic carbocycles. The summed E-state index contributed by atoms with van der Waals surface area (Å²) in [5, 5.41) is 8.33. The Bertz CT molecular complexity index is 511. The number of aromatic nitrogens is 1. The van der Waals surface area contributed by atoms with Gasteiger partial charge in [-0.2, -0.15) is 0 Å². The molecule has 17 heavy (non-hydrogen) atoms. The standard InChI is InChI=1S/C14H19N3/c1-17-10-13(12-4-2-3-5-14(12)17)16-9-8-15-11-6-7-11/h2-5,10-11,15-16H,6-9H2,1H3. The number of anilines is 1.